The Kier molecular flexibility index (Phi) is 4.71. The molecule has 5 nitrogen and oxygen atoms in total. The highest BCUT2D eigenvalue weighted by atomic mass is 15.2. The van der Waals surface area contributed by atoms with Crippen molar-refractivity contribution in [3.8, 4) is 11.4 Å². The third-order valence-corrected chi connectivity index (χ3v) is 4.83. The molecule has 3 heterocycles. The van der Waals surface area contributed by atoms with Gasteiger partial charge in [0.1, 0.15) is 5.82 Å². The molecule has 0 saturated carbocycles. The first-order chi connectivity index (χ1) is 11.9. The van der Waals surface area contributed by atoms with Crippen LogP contribution >= 0.6 is 0 Å². The zero-order valence-electron chi connectivity index (χ0n) is 14.1. The van der Waals surface area contributed by atoms with Crippen molar-refractivity contribution in [3.05, 3.63) is 41.6 Å². The summed E-state index contributed by atoms with van der Waals surface area (Å²) in [5.41, 5.74) is 3.68. The van der Waals surface area contributed by atoms with E-state index in [9.17, 15) is 0 Å². The Morgan fingerprint density at radius 1 is 0.833 bits per heavy atom. The van der Waals surface area contributed by atoms with Crippen LogP contribution in [0.15, 0.2) is 30.3 Å². The van der Waals surface area contributed by atoms with Gasteiger partial charge in [-0.05, 0) is 25.9 Å². The minimum absolute atomic E-state index is 0.864. The van der Waals surface area contributed by atoms with Crippen LogP contribution in [0.4, 0.5) is 5.82 Å². The molecule has 5 heteroatoms. The summed E-state index contributed by atoms with van der Waals surface area (Å²) in [6, 6.07) is 10.4. The Balaban J connectivity index is 1.80. The molecule has 0 amide bonds. The number of anilines is 1. The van der Waals surface area contributed by atoms with Crippen molar-refractivity contribution in [1.82, 2.24) is 20.6 Å². The smallest absolute Gasteiger partial charge is 0.161 e. The summed E-state index contributed by atoms with van der Waals surface area (Å²) < 4.78 is 0. The van der Waals surface area contributed by atoms with Gasteiger partial charge in [0.05, 0.1) is 5.69 Å². The molecular formula is C19H25N5. The topological polar surface area (TPSA) is 53.1 Å². The van der Waals surface area contributed by atoms with Crippen molar-refractivity contribution in [3.63, 3.8) is 0 Å². The first kappa shape index (κ1) is 15.5. The fourth-order valence-corrected chi connectivity index (χ4v) is 3.56. The average molecular weight is 323 g/mol. The number of benzene rings is 1. The maximum Gasteiger partial charge on any atom is 0.161 e. The molecule has 0 spiro atoms. The summed E-state index contributed by atoms with van der Waals surface area (Å²) in [7, 11) is 0. The van der Waals surface area contributed by atoms with E-state index in [1.165, 1.54) is 11.3 Å². The number of nitrogens with zero attached hydrogens (tertiary/aromatic N) is 3. The highest BCUT2D eigenvalue weighted by Crippen LogP contribution is 2.27. The van der Waals surface area contributed by atoms with Gasteiger partial charge in [-0.2, -0.15) is 0 Å². The van der Waals surface area contributed by atoms with E-state index < -0.39 is 0 Å². The summed E-state index contributed by atoms with van der Waals surface area (Å²) >= 11 is 0. The molecule has 1 saturated heterocycles. The van der Waals surface area contributed by atoms with Crippen molar-refractivity contribution in [2.24, 2.45) is 0 Å². The van der Waals surface area contributed by atoms with Gasteiger partial charge in [0.15, 0.2) is 5.82 Å². The quantitative estimate of drug-likeness (QED) is 0.880. The molecule has 1 aromatic heterocycles. The number of fused-ring (bicyclic) bond motifs is 1. The first-order valence-corrected chi connectivity index (χ1v) is 9.03. The highest BCUT2D eigenvalue weighted by molar-refractivity contribution is 5.61. The number of nitrogens with one attached hydrogen (secondary N) is 2. The zero-order chi connectivity index (χ0) is 16.2. The van der Waals surface area contributed by atoms with Crippen LogP contribution in [0.25, 0.3) is 11.4 Å². The Labute approximate surface area is 143 Å². The molecule has 0 atom stereocenters. The Morgan fingerprint density at radius 3 is 2.58 bits per heavy atom. The lowest BCUT2D eigenvalue weighted by atomic mass is 10.1. The van der Waals surface area contributed by atoms with Crippen LogP contribution in [0, 0.1) is 0 Å². The van der Waals surface area contributed by atoms with Crippen LogP contribution in [-0.2, 0) is 12.8 Å². The standard InChI is InChI=1S/C19H25N5/c1-2-5-15(6-3-1)18-22-17-8-11-21-10-7-16(17)19(23-18)24-13-4-9-20-12-14-24/h1-3,5-6,20-21H,4,7-14H2. The molecule has 2 aliphatic heterocycles. The SMILES string of the molecule is c1ccc(-c2nc3c(c(N4CCCNCC4)n2)CCNCC3)cc1. The van der Waals surface area contributed by atoms with Crippen molar-refractivity contribution in [1.29, 1.82) is 0 Å². The van der Waals surface area contributed by atoms with E-state index in [0.29, 0.717) is 0 Å². The van der Waals surface area contributed by atoms with E-state index in [0.717, 1.165) is 75.7 Å². The van der Waals surface area contributed by atoms with Gasteiger partial charge < -0.3 is 15.5 Å². The van der Waals surface area contributed by atoms with E-state index >= 15 is 0 Å². The van der Waals surface area contributed by atoms with E-state index in [1.807, 2.05) is 6.07 Å². The molecule has 4 rings (SSSR count). The molecule has 1 aromatic carbocycles. The third kappa shape index (κ3) is 3.28. The summed E-state index contributed by atoms with van der Waals surface area (Å²) in [4.78, 5) is 12.4. The summed E-state index contributed by atoms with van der Waals surface area (Å²) in [6.07, 6.45) is 3.16. The minimum Gasteiger partial charge on any atom is -0.355 e. The van der Waals surface area contributed by atoms with Crippen LogP contribution in [0.1, 0.15) is 17.7 Å². The van der Waals surface area contributed by atoms with Crippen LogP contribution in [-0.4, -0.2) is 49.2 Å². The van der Waals surface area contributed by atoms with Gasteiger partial charge in [0.2, 0.25) is 0 Å². The largest absolute Gasteiger partial charge is 0.355 e. The molecule has 2 N–H and O–H groups in total. The lowest BCUT2D eigenvalue weighted by Gasteiger charge is -2.25. The van der Waals surface area contributed by atoms with Crippen molar-refractivity contribution >= 4 is 5.82 Å². The monoisotopic (exact) mass is 323 g/mol. The average Bonchev–Trinajstić information content (AvgIpc) is 3.04. The maximum atomic E-state index is 5.02. The predicted molar refractivity (Wildman–Crippen MR) is 97.4 cm³/mol. The second-order valence-electron chi connectivity index (χ2n) is 6.50. The Hall–Kier alpha value is -1.98. The normalized spacial score (nSPS) is 18.6. The Morgan fingerprint density at radius 2 is 1.67 bits per heavy atom. The number of rotatable bonds is 2. The minimum atomic E-state index is 0.864. The van der Waals surface area contributed by atoms with Crippen LogP contribution in [0.3, 0.4) is 0 Å². The summed E-state index contributed by atoms with van der Waals surface area (Å²) in [5, 5.41) is 6.99. The van der Waals surface area contributed by atoms with Gasteiger partial charge in [-0.15, -0.1) is 0 Å². The molecular weight excluding hydrogens is 298 g/mol. The molecule has 0 unspecified atom stereocenters. The summed E-state index contributed by atoms with van der Waals surface area (Å²) in [5.74, 6) is 2.02. The van der Waals surface area contributed by atoms with Crippen LogP contribution in [0.2, 0.25) is 0 Å². The first-order valence-electron chi connectivity index (χ1n) is 9.03. The number of hydrogen-bond acceptors (Lipinski definition) is 5. The molecule has 2 aliphatic rings. The van der Waals surface area contributed by atoms with Crippen molar-refractivity contribution in [2.75, 3.05) is 44.2 Å². The fraction of sp³-hybridized carbons (Fsp3) is 0.474. The maximum absolute atomic E-state index is 5.02. The molecule has 126 valence electrons. The Bertz CT molecular complexity index is 678. The second-order valence-corrected chi connectivity index (χ2v) is 6.50. The van der Waals surface area contributed by atoms with Gasteiger partial charge in [-0.25, -0.2) is 9.97 Å². The van der Waals surface area contributed by atoms with Crippen molar-refractivity contribution < 1.29 is 0 Å². The van der Waals surface area contributed by atoms with Crippen molar-refractivity contribution in [2.45, 2.75) is 19.3 Å². The zero-order valence-corrected chi connectivity index (χ0v) is 14.1. The van der Waals surface area contributed by atoms with Crippen LogP contribution in [0.5, 0.6) is 0 Å². The third-order valence-electron chi connectivity index (χ3n) is 4.83. The fourth-order valence-electron chi connectivity index (χ4n) is 3.56. The molecule has 24 heavy (non-hydrogen) atoms. The second kappa shape index (κ2) is 7.28. The van der Waals surface area contributed by atoms with E-state index in [-0.39, 0.29) is 0 Å². The number of hydrogen-bond donors (Lipinski definition) is 2. The molecule has 0 bridgehead atoms. The van der Waals surface area contributed by atoms with Crippen LogP contribution < -0.4 is 15.5 Å². The van der Waals surface area contributed by atoms with Gasteiger partial charge >= 0.3 is 0 Å². The van der Waals surface area contributed by atoms with E-state index in [4.69, 9.17) is 9.97 Å². The van der Waals surface area contributed by atoms with E-state index in [2.05, 4.69) is 39.8 Å². The van der Waals surface area contributed by atoms with Gasteiger partial charge in [-0.1, -0.05) is 30.3 Å². The van der Waals surface area contributed by atoms with E-state index in [1.54, 1.807) is 0 Å². The molecule has 0 radical (unpaired) electrons. The number of aromatic nitrogens is 2. The summed E-state index contributed by atoms with van der Waals surface area (Å²) in [6.45, 7) is 6.22. The lowest BCUT2D eigenvalue weighted by Crippen LogP contribution is -2.30. The van der Waals surface area contributed by atoms with Gasteiger partial charge in [0, 0.05) is 43.7 Å². The van der Waals surface area contributed by atoms with Gasteiger partial charge in [-0.3, -0.25) is 0 Å². The molecule has 0 aliphatic carbocycles. The molecule has 2 aromatic rings. The highest BCUT2D eigenvalue weighted by Gasteiger charge is 2.21. The van der Waals surface area contributed by atoms with Gasteiger partial charge in [0.25, 0.3) is 0 Å². The molecule has 1 fully saturated rings. The lowest BCUT2D eigenvalue weighted by molar-refractivity contribution is 0.707. The predicted octanol–water partition coefficient (Wildman–Crippen LogP) is 1.63.